The molecule has 0 atom stereocenters. The van der Waals surface area contributed by atoms with E-state index in [-0.39, 0.29) is 5.91 Å². The van der Waals surface area contributed by atoms with Crippen LogP contribution in [0.3, 0.4) is 0 Å². The van der Waals surface area contributed by atoms with Crippen molar-refractivity contribution in [1.29, 1.82) is 0 Å². The molecule has 1 amide bonds. The van der Waals surface area contributed by atoms with Crippen molar-refractivity contribution in [2.45, 2.75) is 6.54 Å². The Morgan fingerprint density at radius 1 is 0.955 bits per heavy atom. The quantitative estimate of drug-likeness (QED) is 0.940. The smallest absolute Gasteiger partial charge is 0.248 e. The number of hydrogen-bond acceptors (Lipinski definition) is 3. The SMILES string of the molecule is NC(=O)c1cccc(N2CCN(Cc3ccccc3)CC2)c1. The molecule has 0 bridgehead atoms. The molecule has 0 aliphatic carbocycles. The summed E-state index contributed by atoms with van der Waals surface area (Å²) >= 11 is 0. The van der Waals surface area contributed by atoms with Crippen LogP contribution in [0.25, 0.3) is 0 Å². The van der Waals surface area contributed by atoms with Gasteiger partial charge in [0.05, 0.1) is 0 Å². The van der Waals surface area contributed by atoms with Crippen molar-refractivity contribution < 1.29 is 4.79 Å². The number of benzene rings is 2. The summed E-state index contributed by atoms with van der Waals surface area (Å²) in [5, 5.41) is 0. The summed E-state index contributed by atoms with van der Waals surface area (Å²) in [7, 11) is 0. The van der Waals surface area contributed by atoms with Gasteiger partial charge in [-0.05, 0) is 23.8 Å². The van der Waals surface area contributed by atoms with Crippen molar-refractivity contribution in [3.63, 3.8) is 0 Å². The third kappa shape index (κ3) is 3.46. The van der Waals surface area contributed by atoms with E-state index in [9.17, 15) is 4.79 Å². The average molecular weight is 295 g/mol. The molecule has 0 spiro atoms. The summed E-state index contributed by atoms with van der Waals surface area (Å²) in [6.45, 7) is 4.98. The van der Waals surface area contributed by atoms with Gasteiger partial charge in [0.25, 0.3) is 0 Å². The first kappa shape index (κ1) is 14.6. The normalized spacial score (nSPS) is 15.7. The molecular formula is C18H21N3O. The predicted octanol–water partition coefficient (Wildman–Crippen LogP) is 2.11. The fourth-order valence-electron chi connectivity index (χ4n) is 2.86. The first-order chi connectivity index (χ1) is 10.7. The van der Waals surface area contributed by atoms with Crippen LogP contribution < -0.4 is 10.6 Å². The maximum atomic E-state index is 11.3. The molecule has 1 aliphatic rings. The number of primary amides is 1. The number of piperazine rings is 1. The summed E-state index contributed by atoms with van der Waals surface area (Å²) in [5.74, 6) is -0.371. The molecule has 4 heteroatoms. The maximum Gasteiger partial charge on any atom is 0.248 e. The molecule has 2 aromatic rings. The summed E-state index contributed by atoms with van der Waals surface area (Å²) in [4.78, 5) is 16.1. The van der Waals surface area contributed by atoms with Crippen molar-refractivity contribution in [2.75, 3.05) is 31.1 Å². The van der Waals surface area contributed by atoms with Crippen LogP contribution in [-0.4, -0.2) is 37.0 Å². The Kier molecular flexibility index (Phi) is 4.39. The number of hydrogen-bond donors (Lipinski definition) is 1. The van der Waals surface area contributed by atoms with E-state index in [0.717, 1.165) is 38.4 Å². The van der Waals surface area contributed by atoms with Gasteiger partial charge < -0.3 is 10.6 Å². The second-order valence-corrected chi connectivity index (χ2v) is 5.66. The molecule has 3 rings (SSSR count). The standard InChI is InChI=1S/C18H21N3O/c19-18(22)16-7-4-8-17(13-16)21-11-9-20(10-12-21)14-15-5-2-1-3-6-15/h1-8,13H,9-12,14H2,(H2,19,22). The number of nitrogens with zero attached hydrogens (tertiary/aromatic N) is 2. The van der Waals surface area contributed by atoms with Gasteiger partial charge >= 0.3 is 0 Å². The Hall–Kier alpha value is -2.33. The minimum Gasteiger partial charge on any atom is -0.369 e. The zero-order chi connectivity index (χ0) is 15.4. The molecule has 2 aromatic carbocycles. The van der Waals surface area contributed by atoms with E-state index < -0.39 is 0 Å². The molecule has 2 N–H and O–H groups in total. The number of rotatable bonds is 4. The Morgan fingerprint density at radius 3 is 2.36 bits per heavy atom. The van der Waals surface area contributed by atoms with Crippen LogP contribution >= 0.6 is 0 Å². The van der Waals surface area contributed by atoms with Crippen molar-refractivity contribution >= 4 is 11.6 Å². The molecule has 0 aromatic heterocycles. The van der Waals surface area contributed by atoms with Crippen molar-refractivity contribution in [3.05, 3.63) is 65.7 Å². The zero-order valence-electron chi connectivity index (χ0n) is 12.6. The molecule has 4 nitrogen and oxygen atoms in total. The highest BCUT2D eigenvalue weighted by molar-refractivity contribution is 5.93. The van der Waals surface area contributed by atoms with E-state index >= 15 is 0 Å². The molecule has 0 saturated carbocycles. The lowest BCUT2D eigenvalue weighted by Gasteiger charge is -2.36. The average Bonchev–Trinajstić information content (AvgIpc) is 2.56. The summed E-state index contributed by atoms with van der Waals surface area (Å²) in [5.41, 5.74) is 8.36. The molecule has 0 unspecified atom stereocenters. The van der Waals surface area contributed by atoms with Gasteiger partial charge in [-0.25, -0.2) is 0 Å². The summed E-state index contributed by atoms with van der Waals surface area (Å²) in [6, 6.07) is 18.1. The van der Waals surface area contributed by atoms with Gasteiger partial charge in [0.15, 0.2) is 0 Å². The van der Waals surface area contributed by atoms with Crippen LogP contribution in [0.1, 0.15) is 15.9 Å². The first-order valence-electron chi connectivity index (χ1n) is 7.63. The first-order valence-corrected chi connectivity index (χ1v) is 7.63. The monoisotopic (exact) mass is 295 g/mol. The highest BCUT2D eigenvalue weighted by Crippen LogP contribution is 2.18. The lowest BCUT2D eigenvalue weighted by atomic mass is 10.1. The molecule has 1 fully saturated rings. The molecule has 1 saturated heterocycles. The Labute approximate surface area is 131 Å². The number of anilines is 1. The van der Waals surface area contributed by atoms with Crippen LogP contribution in [0.2, 0.25) is 0 Å². The van der Waals surface area contributed by atoms with Crippen LogP contribution in [0.15, 0.2) is 54.6 Å². The second-order valence-electron chi connectivity index (χ2n) is 5.66. The molecule has 1 aliphatic heterocycles. The van der Waals surface area contributed by atoms with E-state index in [1.54, 1.807) is 6.07 Å². The van der Waals surface area contributed by atoms with Crippen LogP contribution in [0.4, 0.5) is 5.69 Å². The van der Waals surface area contributed by atoms with Gasteiger partial charge in [-0.2, -0.15) is 0 Å². The van der Waals surface area contributed by atoms with Gasteiger partial charge in [-0.3, -0.25) is 9.69 Å². The van der Waals surface area contributed by atoms with Gasteiger partial charge in [-0.1, -0.05) is 36.4 Å². The van der Waals surface area contributed by atoms with Crippen LogP contribution in [0.5, 0.6) is 0 Å². The fourth-order valence-corrected chi connectivity index (χ4v) is 2.86. The number of amides is 1. The molecule has 22 heavy (non-hydrogen) atoms. The molecule has 0 radical (unpaired) electrons. The Bertz CT molecular complexity index is 634. The Balaban J connectivity index is 1.60. The van der Waals surface area contributed by atoms with Crippen LogP contribution in [0, 0.1) is 0 Å². The Morgan fingerprint density at radius 2 is 1.68 bits per heavy atom. The fraction of sp³-hybridized carbons (Fsp3) is 0.278. The highest BCUT2D eigenvalue weighted by atomic mass is 16.1. The number of carbonyl (C=O) groups is 1. The van der Waals surface area contributed by atoms with Crippen LogP contribution in [-0.2, 0) is 6.54 Å². The van der Waals surface area contributed by atoms with Gasteiger partial charge in [-0.15, -0.1) is 0 Å². The van der Waals surface area contributed by atoms with Crippen molar-refractivity contribution in [2.24, 2.45) is 5.73 Å². The minimum absolute atomic E-state index is 0.371. The predicted molar refractivity (Wildman–Crippen MR) is 88.9 cm³/mol. The van der Waals surface area contributed by atoms with E-state index in [0.29, 0.717) is 5.56 Å². The number of nitrogens with two attached hydrogens (primary N) is 1. The zero-order valence-corrected chi connectivity index (χ0v) is 12.6. The van der Waals surface area contributed by atoms with E-state index in [1.807, 2.05) is 24.3 Å². The lowest BCUT2D eigenvalue weighted by molar-refractivity contribution is 0.100. The van der Waals surface area contributed by atoms with Gasteiger partial charge in [0.1, 0.15) is 0 Å². The molecule has 114 valence electrons. The maximum absolute atomic E-state index is 11.3. The summed E-state index contributed by atoms with van der Waals surface area (Å²) < 4.78 is 0. The van der Waals surface area contributed by atoms with E-state index in [2.05, 4.69) is 34.1 Å². The second kappa shape index (κ2) is 6.62. The molecule has 1 heterocycles. The minimum atomic E-state index is -0.371. The lowest BCUT2D eigenvalue weighted by Crippen LogP contribution is -2.46. The summed E-state index contributed by atoms with van der Waals surface area (Å²) in [6.07, 6.45) is 0. The van der Waals surface area contributed by atoms with Gasteiger partial charge in [0, 0.05) is 44.0 Å². The third-order valence-electron chi connectivity index (χ3n) is 4.12. The van der Waals surface area contributed by atoms with Gasteiger partial charge in [0.2, 0.25) is 5.91 Å². The van der Waals surface area contributed by atoms with E-state index in [1.165, 1.54) is 5.56 Å². The number of carbonyl (C=O) groups excluding carboxylic acids is 1. The largest absolute Gasteiger partial charge is 0.369 e. The third-order valence-corrected chi connectivity index (χ3v) is 4.12. The van der Waals surface area contributed by atoms with E-state index in [4.69, 9.17) is 5.73 Å². The van der Waals surface area contributed by atoms with Crippen molar-refractivity contribution in [3.8, 4) is 0 Å². The molecular weight excluding hydrogens is 274 g/mol. The highest BCUT2D eigenvalue weighted by Gasteiger charge is 2.17. The topological polar surface area (TPSA) is 49.6 Å². The van der Waals surface area contributed by atoms with Crippen molar-refractivity contribution in [1.82, 2.24) is 4.90 Å².